The van der Waals surface area contributed by atoms with Crippen molar-refractivity contribution in [1.29, 1.82) is 5.41 Å². The number of aromatic nitrogens is 1. The van der Waals surface area contributed by atoms with Gasteiger partial charge in [0.1, 0.15) is 5.60 Å². The van der Waals surface area contributed by atoms with Gasteiger partial charge in [0.25, 0.3) is 6.47 Å². The lowest BCUT2D eigenvalue weighted by Gasteiger charge is -2.27. The number of hydrogen-bond donors (Lipinski definition) is 2. The molecule has 0 saturated carbocycles. The monoisotopic (exact) mass is 285 g/mol. The van der Waals surface area contributed by atoms with E-state index in [1.807, 2.05) is 25.3 Å². The van der Waals surface area contributed by atoms with E-state index in [0.29, 0.717) is 11.3 Å². The van der Waals surface area contributed by atoms with E-state index in [0.717, 1.165) is 25.6 Å². The molecule has 0 aromatic carbocycles. The van der Waals surface area contributed by atoms with E-state index in [9.17, 15) is 4.79 Å². The fraction of sp³-hybridized carbons (Fsp3) is 0.692. The van der Waals surface area contributed by atoms with Crippen LogP contribution in [0.15, 0.2) is 6.20 Å². The maximum absolute atomic E-state index is 9.60. The van der Waals surface area contributed by atoms with Gasteiger partial charge >= 0.3 is 0 Å². The molecule has 0 bridgehead atoms. The van der Waals surface area contributed by atoms with Crippen molar-refractivity contribution in [2.75, 3.05) is 13.1 Å². The first-order valence-corrected chi connectivity index (χ1v) is 7.17. The van der Waals surface area contributed by atoms with Crippen molar-refractivity contribution in [2.24, 2.45) is 5.92 Å². The highest BCUT2D eigenvalue weighted by atomic mass is 32.1. The first kappa shape index (κ1) is 15.9. The van der Waals surface area contributed by atoms with Crippen molar-refractivity contribution in [3.8, 4) is 0 Å². The van der Waals surface area contributed by atoms with Crippen molar-refractivity contribution >= 4 is 17.8 Å². The number of hydrogen-bond acceptors (Lipinski definition) is 5. The molecule has 5 nitrogen and oxygen atoms in total. The summed E-state index contributed by atoms with van der Waals surface area (Å²) in [6.45, 7) is 11.2. The molecule has 2 N–H and O–H groups in total. The maximum atomic E-state index is 9.60. The Morgan fingerprint density at radius 1 is 1.58 bits per heavy atom. The third-order valence-corrected chi connectivity index (χ3v) is 3.43. The van der Waals surface area contributed by atoms with Gasteiger partial charge in [0, 0.05) is 36.6 Å². The van der Waals surface area contributed by atoms with E-state index in [-0.39, 0.29) is 5.60 Å². The summed E-state index contributed by atoms with van der Waals surface area (Å²) in [7, 11) is 0. The summed E-state index contributed by atoms with van der Waals surface area (Å²) in [5, 5.41) is 10.9. The predicted octanol–water partition coefficient (Wildman–Crippen LogP) is 1.51. The summed E-state index contributed by atoms with van der Waals surface area (Å²) in [5.74, 6) is 0.744. The number of nitrogens with zero attached hydrogens (tertiary/aromatic N) is 1. The second kappa shape index (κ2) is 6.86. The Morgan fingerprint density at radius 3 is 2.47 bits per heavy atom. The molecular formula is C13H23N3O2S. The Morgan fingerprint density at radius 2 is 2.21 bits per heavy atom. The largest absolute Gasteiger partial charge is 0.462 e. The molecule has 6 heteroatoms. The van der Waals surface area contributed by atoms with Gasteiger partial charge in [-0.2, -0.15) is 0 Å². The van der Waals surface area contributed by atoms with Crippen molar-refractivity contribution in [2.45, 2.75) is 39.8 Å². The Balaban J connectivity index is 0.000000224. The van der Waals surface area contributed by atoms with Gasteiger partial charge in [0.15, 0.2) is 4.80 Å². The van der Waals surface area contributed by atoms with Crippen molar-refractivity contribution in [3.63, 3.8) is 0 Å². The number of nitrogens with one attached hydrogen (secondary N) is 2. The molecule has 0 atom stereocenters. The topological polar surface area (TPSA) is 67.1 Å². The lowest BCUT2D eigenvalue weighted by molar-refractivity contribution is -0.138. The van der Waals surface area contributed by atoms with E-state index in [2.05, 4.69) is 23.2 Å². The molecule has 0 aliphatic carbocycles. The van der Waals surface area contributed by atoms with Gasteiger partial charge in [0.2, 0.25) is 0 Å². The molecule has 0 spiro atoms. The van der Waals surface area contributed by atoms with Gasteiger partial charge in [-0.05, 0) is 27.7 Å². The molecule has 1 aromatic rings. The number of aryl methyl sites for hydroxylation is 1. The second-order valence-electron chi connectivity index (χ2n) is 5.65. The van der Waals surface area contributed by atoms with Crippen LogP contribution in [-0.4, -0.2) is 29.7 Å². The van der Waals surface area contributed by atoms with Crippen LogP contribution in [0.5, 0.6) is 0 Å². The average Bonchev–Trinajstić information content (AvgIpc) is 2.50. The van der Waals surface area contributed by atoms with E-state index in [1.165, 1.54) is 4.88 Å². The molecule has 1 saturated heterocycles. The molecule has 0 amide bonds. The number of rotatable bonds is 3. The minimum absolute atomic E-state index is 0.318. The molecule has 2 heterocycles. The van der Waals surface area contributed by atoms with Crippen molar-refractivity contribution in [3.05, 3.63) is 15.9 Å². The van der Waals surface area contributed by atoms with Crippen LogP contribution in [0.3, 0.4) is 0 Å². The van der Waals surface area contributed by atoms with Crippen LogP contribution >= 0.6 is 11.3 Å². The van der Waals surface area contributed by atoms with E-state index < -0.39 is 0 Å². The molecule has 0 unspecified atom stereocenters. The molecule has 2 rings (SSSR count). The van der Waals surface area contributed by atoms with Crippen molar-refractivity contribution in [1.82, 2.24) is 9.88 Å². The molecule has 19 heavy (non-hydrogen) atoms. The van der Waals surface area contributed by atoms with Crippen LogP contribution in [-0.2, 0) is 16.1 Å². The standard InChI is InChI=1S/C8H13N3S.C5H10O2/c1-6-4-11(8(9)12-6)5-7-2-10-3-7;1-5(2,3)7-4-6/h4,7,9-10H,2-3,5H2,1H3;4H,1-3H3. The van der Waals surface area contributed by atoms with Gasteiger partial charge in [-0.25, -0.2) is 0 Å². The highest BCUT2D eigenvalue weighted by molar-refractivity contribution is 7.09. The summed E-state index contributed by atoms with van der Waals surface area (Å²) in [6.07, 6.45) is 2.07. The second-order valence-corrected chi connectivity index (χ2v) is 6.88. The SMILES string of the molecule is CC(C)(C)OC=O.Cc1cn(CC2CNC2)c(=N)s1. The fourth-order valence-corrected chi connectivity index (χ4v) is 2.28. The highest BCUT2D eigenvalue weighted by Gasteiger charge is 2.17. The predicted molar refractivity (Wildman–Crippen MR) is 76.2 cm³/mol. The quantitative estimate of drug-likeness (QED) is 0.827. The highest BCUT2D eigenvalue weighted by Crippen LogP contribution is 2.08. The molecule has 1 aliphatic rings. The lowest BCUT2D eigenvalue weighted by Crippen LogP contribution is -2.45. The minimum atomic E-state index is -0.318. The number of carbonyl (C=O) groups is 1. The maximum Gasteiger partial charge on any atom is 0.293 e. The van der Waals surface area contributed by atoms with Crippen LogP contribution < -0.4 is 10.1 Å². The normalized spacial score (nSPS) is 15.2. The molecule has 0 radical (unpaired) electrons. The molecular weight excluding hydrogens is 262 g/mol. The average molecular weight is 285 g/mol. The third-order valence-electron chi connectivity index (χ3n) is 2.58. The van der Waals surface area contributed by atoms with Crippen LogP contribution in [0.4, 0.5) is 0 Å². The summed E-state index contributed by atoms with van der Waals surface area (Å²) in [4.78, 5) is 11.5. The molecule has 1 aromatic heterocycles. The summed E-state index contributed by atoms with van der Waals surface area (Å²) < 4.78 is 6.60. The zero-order valence-corrected chi connectivity index (χ0v) is 12.8. The Bertz CT molecular complexity index is 455. The smallest absolute Gasteiger partial charge is 0.293 e. The molecule has 1 fully saturated rings. The Hall–Kier alpha value is -1.14. The van der Waals surface area contributed by atoms with Gasteiger partial charge < -0.3 is 14.6 Å². The van der Waals surface area contributed by atoms with Crippen LogP contribution in [0.2, 0.25) is 0 Å². The third kappa shape index (κ3) is 6.02. The van der Waals surface area contributed by atoms with Crippen LogP contribution in [0.25, 0.3) is 0 Å². The van der Waals surface area contributed by atoms with Gasteiger partial charge in [-0.3, -0.25) is 10.2 Å². The molecule has 1 aliphatic heterocycles. The van der Waals surface area contributed by atoms with E-state index >= 15 is 0 Å². The summed E-state index contributed by atoms with van der Waals surface area (Å²) in [5.41, 5.74) is -0.318. The zero-order valence-electron chi connectivity index (χ0n) is 12.0. The van der Waals surface area contributed by atoms with E-state index in [1.54, 1.807) is 11.3 Å². The van der Waals surface area contributed by atoms with Crippen LogP contribution in [0, 0.1) is 18.3 Å². The number of thiazole rings is 1. The van der Waals surface area contributed by atoms with Gasteiger partial charge in [-0.1, -0.05) is 0 Å². The van der Waals surface area contributed by atoms with E-state index in [4.69, 9.17) is 5.41 Å². The minimum Gasteiger partial charge on any atom is -0.462 e. The zero-order chi connectivity index (χ0) is 14.5. The van der Waals surface area contributed by atoms with Gasteiger partial charge in [0.05, 0.1) is 0 Å². The van der Waals surface area contributed by atoms with Crippen molar-refractivity contribution < 1.29 is 9.53 Å². The number of ether oxygens (including phenoxy) is 1. The number of carbonyl (C=O) groups excluding carboxylic acids is 1. The Labute approximate surface area is 118 Å². The fourth-order valence-electron chi connectivity index (χ4n) is 1.55. The summed E-state index contributed by atoms with van der Waals surface area (Å²) in [6, 6.07) is 0. The first-order valence-electron chi connectivity index (χ1n) is 6.35. The lowest BCUT2D eigenvalue weighted by atomic mass is 10.0. The molecule has 108 valence electrons. The van der Waals surface area contributed by atoms with Crippen LogP contribution in [0.1, 0.15) is 25.6 Å². The summed E-state index contributed by atoms with van der Waals surface area (Å²) >= 11 is 1.56. The first-order chi connectivity index (χ1) is 8.81. The van der Waals surface area contributed by atoms with Gasteiger partial charge in [-0.15, -0.1) is 11.3 Å². The Kier molecular flexibility index (Phi) is 5.75.